The Labute approximate surface area is 172 Å². The second-order valence-corrected chi connectivity index (χ2v) is 10.1. The van der Waals surface area contributed by atoms with E-state index in [1.807, 2.05) is 0 Å². The van der Waals surface area contributed by atoms with Crippen LogP contribution < -0.4 is 0 Å². The van der Waals surface area contributed by atoms with Gasteiger partial charge in [-0.3, -0.25) is 0 Å². The highest BCUT2D eigenvalue weighted by Crippen LogP contribution is 2.55. The van der Waals surface area contributed by atoms with Crippen molar-refractivity contribution >= 4 is 0 Å². The first-order chi connectivity index (χ1) is 13.4. The Bertz CT molecular complexity index is 399. The topological polar surface area (TPSA) is 0 Å². The Hall–Kier alpha value is -0.210. The zero-order chi connectivity index (χ0) is 20.5. The molecular weight excluding hydrogens is 357 g/mol. The van der Waals surface area contributed by atoms with Crippen LogP contribution in [0.4, 0.5) is 13.2 Å². The normalized spacial score (nSPS) is 31.8. The van der Waals surface area contributed by atoms with Gasteiger partial charge in [0.25, 0.3) is 0 Å². The molecule has 0 saturated heterocycles. The van der Waals surface area contributed by atoms with E-state index in [4.69, 9.17) is 0 Å². The van der Waals surface area contributed by atoms with Crippen LogP contribution in [0.2, 0.25) is 0 Å². The molecule has 0 aromatic rings. The van der Waals surface area contributed by atoms with Crippen molar-refractivity contribution < 1.29 is 13.2 Å². The van der Waals surface area contributed by atoms with E-state index in [0.29, 0.717) is 31.1 Å². The number of alkyl halides is 3. The molecule has 0 aromatic heterocycles. The molecule has 3 heteroatoms. The molecule has 0 spiro atoms. The molecule has 0 N–H and O–H groups in total. The minimum atomic E-state index is -4.01. The van der Waals surface area contributed by atoms with Crippen molar-refractivity contribution in [1.29, 1.82) is 0 Å². The quantitative estimate of drug-likeness (QED) is 0.302. The van der Waals surface area contributed by atoms with Gasteiger partial charge in [-0.2, -0.15) is 13.2 Å². The number of hydrogen-bond donors (Lipinski definition) is 0. The van der Waals surface area contributed by atoms with Crippen molar-refractivity contribution in [3.63, 3.8) is 0 Å². The zero-order valence-corrected chi connectivity index (χ0v) is 18.6. The minimum Gasteiger partial charge on any atom is -0.171 e. The molecule has 0 amide bonds. The monoisotopic (exact) mass is 402 g/mol. The Balaban J connectivity index is 1.75. The van der Waals surface area contributed by atoms with Gasteiger partial charge in [0.1, 0.15) is 0 Å². The first-order valence-electron chi connectivity index (χ1n) is 12.5. The summed E-state index contributed by atoms with van der Waals surface area (Å²) in [6.45, 7) is 4.37. The van der Waals surface area contributed by atoms with Crippen LogP contribution in [0.15, 0.2) is 0 Å². The van der Waals surface area contributed by atoms with Gasteiger partial charge in [0, 0.05) is 0 Å². The number of unbranched alkanes of at least 4 members (excludes halogenated alkanes) is 6. The smallest absolute Gasteiger partial charge is 0.171 e. The van der Waals surface area contributed by atoms with Gasteiger partial charge >= 0.3 is 6.18 Å². The summed E-state index contributed by atoms with van der Waals surface area (Å²) >= 11 is 0. The molecule has 0 atom stereocenters. The fraction of sp³-hybridized carbons (Fsp3) is 1.00. The highest BCUT2D eigenvalue weighted by molar-refractivity contribution is 4.93. The van der Waals surface area contributed by atoms with E-state index in [9.17, 15) is 13.2 Å². The predicted octanol–water partition coefficient (Wildman–Crippen LogP) is 9.47. The highest BCUT2D eigenvalue weighted by Gasteiger charge is 2.55. The summed E-state index contributed by atoms with van der Waals surface area (Å²) in [5.74, 6) is 2.16. The number of rotatable bonds is 11. The van der Waals surface area contributed by atoms with Gasteiger partial charge in [0.15, 0.2) is 0 Å². The predicted molar refractivity (Wildman–Crippen MR) is 113 cm³/mol. The largest absolute Gasteiger partial charge is 0.394 e. The molecule has 2 rings (SSSR count). The molecule has 0 aromatic carbocycles. The molecule has 0 nitrogen and oxygen atoms in total. The van der Waals surface area contributed by atoms with Crippen LogP contribution in [-0.4, -0.2) is 6.18 Å². The third-order valence-corrected chi connectivity index (χ3v) is 8.12. The fourth-order valence-electron chi connectivity index (χ4n) is 6.04. The molecule has 0 radical (unpaired) electrons. The van der Waals surface area contributed by atoms with Gasteiger partial charge in [-0.1, -0.05) is 84.5 Å². The molecule has 2 aliphatic rings. The molecule has 28 heavy (non-hydrogen) atoms. The summed E-state index contributed by atoms with van der Waals surface area (Å²) in [5, 5.41) is 0. The second kappa shape index (κ2) is 11.8. The van der Waals surface area contributed by atoms with Crippen molar-refractivity contribution in [3.8, 4) is 0 Å². The van der Waals surface area contributed by atoms with E-state index >= 15 is 0 Å². The summed E-state index contributed by atoms with van der Waals surface area (Å²) in [5.41, 5.74) is -1.37. The lowest BCUT2D eigenvalue weighted by atomic mass is 9.62. The first kappa shape index (κ1) is 24.1. The lowest BCUT2D eigenvalue weighted by Crippen LogP contribution is -2.42. The van der Waals surface area contributed by atoms with Gasteiger partial charge < -0.3 is 0 Å². The third kappa shape index (κ3) is 6.94. The van der Waals surface area contributed by atoms with E-state index < -0.39 is 11.6 Å². The summed E-state index contributed by atoms with van der Waals surface area (Å²) in [6, 6.07) is 0. The van der Waals surface area contributed by atoms with Gasteiger partial charge in [0.05, 0.1) is 5.41 Å². The average molecular weight is 403 g/mol. The van der Waals surface area contributed by atoms with Crippen LogP contribution in [0.1, 0.15) is 129 Å². The number of hydrogen-bond acceptors (Lipinski definition) is 0. The summed E-state index contributed by atoms with van der Waals surface area (Å²) in [7, 11) is 0. The zero-order valence-electron chi connectivity index (χ0n) is 18.6. The van der Waals surface area contributed by atoms with E-state index in [0.717, 1.165) is 44.4 Å². The molecule has 0 heterocycles. The molecule has 2 saturated carbocycles. The summed E-state index contributed by atoms with van der Waals surface area (Å²) in [6.07, 6.45) is 14.6. The van der Waals surface area contributed by atoms with Crippen molar-refractivity contribution in [2.75, 3.05) is 0 Å². The number of halogens is 3. The SMILES string of the molecule is CCCCCCC1CCC(C2CCC(CCCCCC)(C(F)(F)F)CC2)CC1. The van der Waals surface area contributed by atoms with Gasteiger partial charge in [-0.05, 0) is 62.7 Å². The van der Waals surface area contributed by atoms with E-state index in [-0.39, 0.29) is 0 Å². The molecular formula is C25H45F3. The van der Waals surface area contributed by atoms with Crippen LogP contribution in [-0.2, 0) is 0 Å². The highest BCUT2D eigenvalue weighted by atomic mass is 19.4. The van der Waals surface area contributed by atoms with Crippen LogP contribution in [0.25, 0.3) is 0 Å². The Kier molecular flexibility index (Phi) is 10.2. The van der Waals surface area contributed by atoms with Crippen molar-refractivity contribution in [2.24, 2.45) is 23.2 Å². The standard InChI is InChI=1S/C25H45F3/c1-3-5-7-9-11-21-12-14-22(15-13-21)23-16-19-24(20-17-23,25(26,27)28)18-10-8-6-4-2/h21-23H,3-20H2,1-2H3. The molecule has 0 aliphatic heterocycles. The molecule has 2 fully saturated rings. The van der Waals surface area contributed by atoms with E-state index in [2.05, 4.69) is 13.8 Å². The van der Waals surface area contributed by atoms with Gasteiger partial charge in [-0.25, -0.2) is 0 Å². The molecule has 0 bridgehead atoms. The Morgan fingerprint density at radius 3 is 1.75 bits per heavy atom. The maximum atomic E-state index is 13.9. The van der Waals surface area contributed by atoms with Crippen LogP contribution in [0.5, 0.6) is 0 Å². The fourth-order valence-corrected chi connectivity index (χ4v) is 6.04. The lowest BCUT2D eigenvalue weighted by Gasteiger charge is -2.44. The maximum Gasteiger partial charge on any atom is 0.394 e. The Morgan fingerprint density at radius 2 is 1.21 bits per heavy atom. The van der Waals surface area contributed by atoms with E-state index in [1.54, 1.807) is 0 Å². The molecule has 2 aliphatic carbocycles. The van der Waals surface area contributed by atoms with Gasteiger partial charge in [-0.15, -0.1) is 0 Å². The minimum absolute atomic E-state index is 0.369. The molecule has 166 valence electrons. The van der Waals surface area contributed by atoms with Gasteiger partial charge in [0.2, 0.25) is 0 Å². The summed E-state index contributed by atoms with van der Waals surface area (Å²) in [4.78, 5) is 0. The van der Waals surface area contributed by atoms with Crippen molar-refractivity contribution in [2.45, 2.75) is 136 Å². The maximum absolute atomic E-state index is 13.9. The van der Waals surface area contributed by atoms with Crippen molar-refractivity contribution in [1.82, 2.24) is 0 Å². The van der Waals surface area contributed by atoms with Crippen LogP contribution in [0, 0.1) is 23.2 Å². The molecule has 0 unspecified atom stereocenters. The van der Waals surface area contributed by atoms with Crippen molar-refractivity contribution in [3.05, 3.63) is 0 Å². The first-order valence-corrected chi connectivity index (χ1v) is 12.5. The third-order valence-electron chi connectivity index (χ3n) is 8.12. The van der Waals surface area contributed by atoms with E-state index in [1.165, 1.54) is 57.8 Å². The van der Waals surface area contributed by atoms with Crippen LogP contribution in [0.3, 0.4) is 0 Å². The second-order valence-electron chi connectivity index (χ2n) is 10.1. The van der Waals surface area contributed by atoms with Crippen LogP contribution >= 0.6 is 0 Å². The lowest BCUT2D eigenvalue weighted by molar-refractivity contribution is -0.241. The summed E-state index contributed by atoms with van der Waals surface area (Å²) < 4.78 is 41.7. The Morgan fingerprint density at radius 1 is 0.679 bits per heavy atom. The average Bonchev–Trinajstić information content (AvgIpc) is 2.69.